The number of fused-ring (bicyclic) bond motifs is 1. The Morgan fingerprint density at radius 2 is 1.60 bits per heavy atom. The number of benzene rings is 2. The van der Waals surface area contributed by atoms with Gasteiger partial charge in [-0.05, 0) is 42.2 Å². The van der Waals surface area contributed by atoms with E-state index in [0.717, 1.165) is 11.8 Å². The molecule has 1 fully saturated rings. The van der Waals surface area contributed by atoms with Crippen molar-refractivity contribution in [2.45, 2.75) is 39.2 Å². The Kier molecular flexibility index (Phi) is 4.02. The van der Waals surface area contributed by atoms with Crippen LogP contribution in [-0.4, -0.2) is 6.04 Å². The van der Waals surface area contributed by atoms with Crippen LogP contribution in [0, 0.1) is 11.8 Å². The topological polar surface area (TPSA) is 12.0 Å². The predicted molar refractivity (Wildman–Crippen MR) is 91.2 cm³/mol. The van der Waals surface area contributed by atoms with E-state index in [1.165, 1.54) is 40.2 Å². The van der Waals surface area contributed by atoms with E-state index in [1.807, 2.05) is 0 Å². The van der Waals surface area contributed by atoms with E-state index in [1.54, 1.807) is 0 Å². The molecule has 20 heavy (non-hydrogen) atoms. The van der Waals surface area contributed by atoms with Crippen LogP contribution in [-0.2, 0) is 0 Å². The van der Waals surface area contributed by atoms with Crippen LogP contribution in [0.4, 0.5) is 5.69 Å². The van der Waals surface area contributed by atoms with E-state index in [4.69, 9.17) is 0 Å². The lowest BCUT2D eigenvalue weighted by Gasteiger charge is -2.36. The molecule has 1 aliphatic rings. The van der Waals surface area contributed by atoms with Crippen LogP contribution in [0.3, 0.4) is 0 Å². The molecule has 2 aromatic rings. The molecule has 0 aromatic heterocycles. The maximum absolute atomic E-state index is 3.83. The molecule has 1 aliphatic carbocycles. The molecule has 0 aliphatic heterocycles. The summed E-state index contributed by atoms with van der Waals surface area (Å²) in [5.74, 6) is 1.50. The Labute approximate surface area is 129 Å². The standard InChI is InChI=1S/C18H22BrN/c1-12-6-5-7-13(2)18(12)20-17-11-10-16(19)14-8-3-4-9-15(14)17/h3-4,8-13,18,20H,5-7H2,1-2H3. The van der Waals surface area contributed by atoms with Crippen LogP contribution in [0.15, 0.2) is 40.9 Å². The lowest BCUT2D eigenvalue weighted by molar-refractivity contribution is 0.268. The van der Waals surface area contributed by atoms with Crippen molar-refractivity contribution in [3.63, 3.8) is 0 Å². The molecule has 1 N–H and O–H groups in total. The van der Waals surface area contributed by atoms with Crippen molar-refractivity contribution in [2.24, 2.45) is 11.8 Å². The number of nitrogens with one attached hydrogen (secondary N) is 1. The molecule has 3 rings (SSSR count). The minimum absolute atomic E-state index is 0.591. The van der Waals surface area contributed by atoms with Crippen molar-refractivity contribution in [2.75, 3.05) is 5.32 Å². The Balaban J connectivity index is 1.96. The molecule has 2 unspecified atom stereocenters. The second-order valence-corrected chi connectivity index (χ2v) is 7.05. The first-order valence-electron chi connectivity index (χ1n) is 7.60. The molecular weight excluding hydrogens is 310 g/mol. The third-order valence-corrected chi connectivity index (χ3v) is 5.43. The summed E-state index contributed by atoms with van der Waals surface area (Å²) in [6, 6.07) is 13.6. The number of anilines is 1. The van der Waals surface area contributed by atoms with Crippen LogP contribution in [0.2, 0.25) is 0 Å². The van der Waals surface area contributed by atoms with E-state index in [-0.39, 0.29) is 0 Å². The molecule has 106 valence electrons. The van der Waals surface area contributed by atoms with Gasteiger partial charge in [0.2, 0.25) is 0 Å². The fraction of sp³-hybridized carbons (Fsp3) is 0.444. The van der Waals surface area contributed by atoms with E-state index in [9.17, 15) is 0 Å². The Morgan fingerprint density at radius 1 is 0.950 bits per heavy atom. The van der Waals surface area contributed by atoms with Gasteiger partial charge in [0.05, 0.1) is 0 Å². The Bertz CT molecular complexity index is 597. The first-order chi connectivity index (χ1) is 9.66. The summed E-state index contributed by atoms with van der Waals surface area (Å²) < 4.78 is 1.17. The van der Waals surface area contributed by atoms with Crippen LogP contribution in [0.5, 0.6) is 0 Å². The van der Waals surface area contributed by atoms with Gasteiger partial charge >= 0.3 is 0 Å². The van der Waals surface area contributed by atoms with Crippen molar-refractivity contribution < 1.29 is 0 Å². The van der Waals surface area contributed by atoms with Gasteiger partial charge < -0.3 is 5.32 Å². The van der Waals surface area contributed by atoms with Crippen LogP contribution < -0.4 is 5.32 Å². The fourth-order valence-corrected chi connectivity index (χ4v) is 4.01. The van der Waals surface area contributed by atoms with Crippen molar-refractivity contribution in [1.29, 1.82) is 0 Å². The van der Waals surface area contributed by atoms with Crippen molar-refractivity contribution in [3.05, 3.63) is 40.9 Å². The van der Waals surface area contributed by atoms with E-state index in [0.29, 0.717) is 6.04 Å². The van der Waals surface area contributed by atoms with Gasteiger partial charge in [0.1, 0.15) is 0 Å². The third kappa shape index (κ3) is 2.58. The SMILES string of the molecule is CC1CCCC(C)C1Nc1ccc(Br)c2ccccc12. The van der Waals surface area contributed by atoms with Gasteiger partial charge in [0.15, 0.2) is 0 Å². The highest BCUT2D eigenvalue weighted by Gasteiger charge is 2.27. The van der Waals surface area contributed by atoms with Gasteiger partial charge in [0.25, 0.3) is 0 Å². The number of hydrogen-bond acceptors (Lipinski definition) is 1. The van der Waals surface area contributed by atoms with Gasteiger partial charge in [-0.2, -0.15) is 0 Å². The summed E-state index contributed by atoms with van der Waals surface area (Å²) >= 11 is 3.65. The second kappa shape index (κ2) is 5.77. The summed E-state index contributed by atoms with van der Waals surface area (Å²) in [4.78, 5) is 0. The zero-order valence-corrected chi connectivity index (χ0v) is 13.8. The maximum Gasteiger partial charge on any atom is 0.0423 e. The second-order valence-electron chi connectivity index (χ2n) is 6.20. The number of hydrogen-bond donors (Lipinski definition) is 1. The average molecular weight is 332 g/mol. The molecule has 0 saturated heterocycles. The Morgan fingerprint density at radius 3 is 2.30 bits per heavy atom. The van der Waals surface area contributed by atoms with Crippen molar-refractivity contribution in [1.82, 2.24) is 0 Å². The van der Waals surface area contributed by atoms with Gasteiger partial charge in [-0.25, -0.2) is 0 Å². The molecule has 2 aromatic carbocycles. The van der Waals surface area contributed by atoms with Gasteiger partial charge in [-0.15, -0.1) is 0 Å². The van der Waals surface area contributed by atoms with Crippen molar-refractivity contribution in [3.8, 4) is 0 Å². The minimum Gasteiger partial charge on any atom is -0.381 e. The summed E-state index contributed by atoms with van der Waals surface area (Å²) in [6.45, 7) is 4.77. The number of rotatable bonds is 2. The van der Waals surface area contributed by atoms with Gasteiger partial charge in [0, 0.05) is 21.6 Å². The zero-order chi connectivity index (χ0) is 14.1. The first-order valence-corrected chi connectivity index (χ1v) is 8.40. The van der Waals surface area contributed by atoms with Crippen LogP contribution in [0.25, 0.3) is 10.8 Å². The quantitative estimate of drug-likeness (QED) is 0.728. The molecule has 0 amide bonds. The van der Waals surface area contributed by atoms with Gasteiger partial charge in [-0.1, -0.05) is 60.5 Å². The molecule has 0 spiro atoms. The summed E-state index contributed by atoms with van der Waals surface area (Å²) in [6.07, 6.45) is 4.06. The summed E-state index contributed by atoms with van der Waals surface area (Å²) in [5.41, 5.74) is 1.27. The fourth-order valence-electron chi connectivity index (χ4n) is 3.53. The zero-order valence-electron chi connectivity index (χ0n) is 12.2. The lowest BCUT2D eigenvalue weighted by atomic mass is 9.78. The van der Waals surface area contributed by atoms with Gasteiger partial charge in [-0.3, -0.25) is 0 Å². The number of halogens is 1. The highest BCUT2D eigenvalue weighted by atomic mass is 79.9. The molecule has 0 radical (unpaired) electrons. The normalized spacial score (nSPS) is 26.6. The molecule has 1 nitrogen and oxygen atoms in total. The Hall–Kier alpha value is -1.02. The maximum atomic E-state index is 3.83. The molecule has 1 saturated carbocycles. The molecule has 0 bridgehead atoms. The highest BCUT2D eigenvalue weighted by Crippen LogP contribution is 2.35. The third-order valence-electron chi connectivity index (χ3n) is 4.74. The predicted octanol–water partition coefficient (Wildman–Crippen LogP) is 5.84. The minimum atomic E-state index is 0.591. The summed E-state index contributed by atoms with van der Waals surface area (Å²) in [5, 5.41) is 6.43. The average Bonchev–Trinajstić information content (AvgIpc) is 2.46. The molecule has 2 heteroatoms. The molecule has 2 atom stereocenters. The van der Waals surface area contributed by atoms with E-state index in [2.05, 4.69) is 71.5 Å². The summed E-state index contributed by atoms with van der Waals surface area (Å²) in [7, 11) is 0. The molecular formula is C18H22BrN. The highest BCUT2D eigenvalue weighted by molar-refractivity contribution is 9.10. The lowest BCUT2D eigenvalue weighted by Crippen LogP contribution is -2.37. The smallest absolute Gasteiger partial charge is 0.0423 e. The molecule has 0 heterocycles. The van der Waals surface area contributed by atoms with Crippen LogP contribution in [0.1, 0.15) is 33.1 Å². The van der Waals surface area contributed by atoms with Crippen LogP contribution >= 0.6 is 15.9 Å². The van der Waals surface area contributed by atoms with E-state index < -0.39 is 0 Å². The monoisotopic (exact) mass is 331 g/mol. The van der Waals surface area contributed by atoms with Crippen molar-refractivity contribution >= 4 is 32.4 Å². The first kappa shape index (κ1) is 13.9. The van der Waals surface area contributed by atoms with E-state index >= 15 is 0 Å². The largest absolute Gasteiger partial charge is 0.381 e.